The molecule has 0 aliphatic carbocycles. The highest BCUT2D eigenvalue weighted by Gasteiger charge is 2.14. The topological polar surface area (TPSA) is 41.5 Å². The molecular weight excluding hydrogens is 286 g/mol. The van der Waals surface area contributed by atoms with Crippen molar-refractivity contribution < 1.29 is 9.84 Å². The minimum Gasteiger partial charge on any atom is -0.504 e. The first kappa shape index (κ1) is 15.0. The molecule has 3 aromatic carbocycles. The molecule has 0 unspecified atom stereocenters. The normalized spacial score (nSPS) is 10.5. The van der Waals surface area contributed by atoms with Crippen molar-refractivity contribution in [2.24, 2.45) is 0 Å². The molecule has 0 fully saturated rings. The quantitative estimate of drug-likeness (QED) is 0.723. The molecule has 3 heteroatoms. The molecule has 0 amide bonds. The van der Waals surface area contributed by atoms with Gasteiger partial charge in [-0.05, 0) is 23.3 Å². The highest BCUT2D eigenvalue weighted by Crippen LogP contribution is 2.32. The molecule has 0 radical (unpaired) electrons. The Hall–Kier alpha value is -2.94. The lowest BCUT2D eigenvalue weighted by atomic mass is 9.98. The Morgan fingerprint density at radius 2 is 1.39 bits per heavy atom. The molecule has 3 rings (SSSR count). The van der Waals surface area contributed by atoms with Crippen molar-refractivity contribution in [2.75, 3.05) is 12.4 Å². The van der Waals surface area contributed by atoms with Crippen LogP contribution >= 0.6 is 0 Å². The van der Waals surface area contributed by atoms with Gasteiger partial charge >= 0.3 is 0 Å². The van der Waals surface area contributed by atoms with Crippen molar-refractivity contribution in [1.82, 2.24) is 0 Å². The second kappa shape index (κ2) is 6.88. The molecule has 0 atom stereocenters. The predicted molar refractivity (Wildman–Crippen MR) is 93.0 cm³/mol. The monoisotopic (exact) mass is 305 g/mol. The van der Waals surface area contributed by atoms with Gasteiger partial charge in [0.25, 0.3) is 0 Å². The van der Waals surface area contributed by atoms with Crippen LogP contribution in [0, 0.1) is 0 Å². The van der Waals surface area contributed by atoms with E-state index in [2.05, 4.69) is 29.6 Å². The maximum Gasteiger partial charge on any atom is 0.160 e. The number of nitrogens with one attached hydrogen (secondary N) is 1. The van der Waals surface area contributed by atoms with E-state index in [-0.39, 0.29) is 11.8 Å². The third-order valence-electron chi connectivity index (χ3n) is 3.76. The molecular formula is C20H19NO2. The first-order chi connectivity index (χ1) is 11.3. The fourth-order valence-corrected chi connectivity index (χ4v) is 2.60. The summed E-state index contributed by atoms with van der Waals surface area (Å²) in [5, 5.41) is 13.5. The predicted octanol–water partition coefficient (Wildman–Crippen LogP) is 4.60. The Kier molecular flexibility index (Phi) is 4.48. The number of methoxy groups -OCH3 is 1. The van der Waals surface area contributed by atoms with Crippen molar-refractivity contribution >= 4 is 5.69 Å². The van der Waals surface area contributed by atoms with E-state index in [9.17, 15) is 5.11 Å². The summed E-state index contributed by atoms with van der Waals surface area (Å²) in [6.07, 6.45) is 0. The van der Waals surface area contributed by atoms with E-state index in [1.165, 1.54) is 0 Å². The summed E-state index contributed by atoms with van der Waals surface area (Å²) >= 11 is 0. The molecule has 0 aliphatic heterocycles. The van der Waals surface area contributed by atoms with Crippen molar-refractivity contribution in [3.8, 4) is 11.5 Å². The van der Waals surface area contributed by atoms with Crippen molar-refractivity contribution in [2.45, 2.75) is 6.04 Å². The number of rotatable bonds is 5. The maximum atomic E-state index is 9.98. The standard InChI is InChI=1S/C20H19NO2/c1-23-19-13-12-17(14-18(19)22)21-20(15-8-4-2-5-9-15)16-10-6-3-7-11-16/h2-14,20-22H,1H3. The first-order valence-electron chi connectivity index (χ1n) is 7.51. The fraction of sp³-hybridized carbons (Fsp3) is 0.100. The molecule has 0 aliphatic rings. The first-order valence-corrected chi connectivity index (χ1v) is 7.51. The maximum absolute atomic E-state index is 9.98. The zero-order chi connectivity index (χ0) is 16.1. The van der Waals surface area contributed by atoms with Gasteiger partial charge in [-0.25, -0.2) is 0 Å². The number of ether oxygens (including phenoxy) is 1. The zero-order valence-corrected chi connectivity index (χ0v) is 12.9. The van der Waals surface area contributed by atoms with Gasteiger partial charge in [-0.1, -0.05) is 60.7 Å². The molecule has 3 nitrogen and oxygen atoms in total. The van der Waals surface area contributed by atoms with Gasteiger partial charge in [0.15, 0.2) is 11.5 Å². The Bertz CT molecular complexity index is 718. The van der Waals surface area contributed by atoms with Crippen LogP contribution in [0.15, 0.2) is 78.9 Å². The Morgan fingerprint density at radius 3 is 1.87 bits per heavy atom. The number of hydrogen-bond donors (Lipinski definition) is 2. The molecule has 0 heterocycles. The van der Waals surface area contributed by atoms with Gasteiger partial charge in [0.2, 0.25) is 0 Å². The second-order valence-electron chi connectivity index (χ2n) is 5.29. The van der Waals surface area contributed by atoms with Gasteiger partial charge in [-0.3, -0.25) is 0 Å². The Morgan fingerprint density at radius 1 is 0.826 bits per heavy atom. The number of phenols is 1. The van der Waals surface area contributed by atoms with Crippen molar-refractivity contribution in [3.63, 3.8) is 0 Å². The van der Waals surface area contributed by atoms with Gasteiger partial charge in [0.1, 0.15) is 0 Å². The third-order valence-corrected chi connectivity index (χ3v) is 3.76. The fourth-order valence-electron chi connectivity index (χ4n) is 2.60. The van der Waals surface area contributed by atoms with E-state index in [0.29, 0.717) is 5.75 Å². The van der Waals surface area contributed by atoms with Gasteiger partial charge in [-0.15, -0.1) is 0 Å². The number of hydrogen-bond acceptors (Lipinski definition) is 3. The molecule has 0 saturated carbocycles. The third kappa shape index (κ3) is 3.46. The van der Waals surface area contributed by atoms with Gasteiger partial charge < -0.3 is 15.2 Å². The van der Waals surface area contributed by atoms with Gasteiger partial charge in [0.05, 0.1) is 13.2 Å². The molecule has 2 N–H and O–H groups in total. The van der Waals surface area contributed by atoms with Crippen LogP contribution in [0.1, 0.15) is 17.2 Å². The highest BCUT2D eigenvalue weighted by atomic mass is 16.5. The van der Waals surface area contributed by atoms with Crippen LogP contribution in [0.25, 0.3) is 0 Å². The van der Waals surface area contributed by atoms with Crippen LogP contribution in [0.4, 0.5) is 5.69 Å². The number of aromatic hydroxyl groups is 1. The van der Waals surface area contributed by atoms with Crippen molar-refractivity contribution in [1.29, 1.82) is 0 Å². The molecule has 3 aromatic rings. The molecule has 0 spiro atoms. The Balaban J connectivity index is 1.95. The minimum atomic E-state index is 0.00481. The van der Waals surface area contributed by atoms with E-state index in [0.717, 1.165) is 16.8 Å². The molecule has 116 valence electrons. The summed E-state index contributed by atoms with van der Waals surface area (Å²) in [4.78, 5) is 0. The summed E-state index contributed by atoms with van der Waals surface area (Å²) in [5.41, 5.74) is 3.16. The minimum absolute atomic E-state index is 0.00481. The SMILES string of the molecule is COc1ccc(NC(c2ccccc2)c2ccccc2)cc1O. The summed E-state index contributed by atoms with van der Waals surface area (Å²) in [6, 6.07) is 25.8. The van der Waals surface area contributed by atoms with Crippen LogP contribution in [0.2, 0.25) is 0 Å². The van der Waals surface area contributed by atoms with E-state index in [4.69, 9.17) is 4.74 Å². The molecule has 0 aromatic heterocycles. The molecule has 23 heavy (non-hydrogen) atoms. The van der Waals surface area contributed by atoms with Crippen LogP contribution in [0.5, 0.6) is 11.5 Å². The summed E-state index contributed by atoms with van der Waals surface area (Å²) < 4.78 is 5.10. The van der Waals surface area contributed by atoms with Crippen molar-refractivity contribution in [3.05, 3.63) is 90.0 Å². The van der Waals surface area contributed by atoms with Crippen LogP contribution in [-0.4, -0.2) is 12.2 Å². The Labute approximate surface area is 136 Å². The number of benzene rings is 3. The van der Waals surface area contributed by atoms with Gasteiger partial charge in [-0.2, -0.15) is 0 Å². The summed E-state index contributed by atoms with van der Waals surface area (Å²) in [6.45, 7) is 0. The highest BCUT2D eigenvalue weighted by molar-refractivity contribution is 5.56. The lowest BCUT2D eigenvalue weighted by molar-refractivity contribution is 0.373. The van der Waals surface area contributed by atoms with Crippen LogP contribution in [-0.2, 0) is 0 Å². The summed E-state index contributed by atoms with van der Waals surface area (Å²) in [7, 11) is 1.54. The van der Waals surface area contributed by atoms with E-state index >= 15 is 0 Å². The van der Waals surface area contributed by atoms with E-state index < -0.39 is 0 Å². The van der Waals surface area contributed by atoms with Gasteiger partial charge in [0, 0.05) is 11.8 Å². The second-order valence-corrected chi connectivity index (χ2v) is 5.29. The largest absolute Gasteiger partial charge is 0.504 e. The average molecular weight is 305 g/mol. The zero-order valence-electron chi connectivity index (χ0n) is 12.9. The number of phenolic OH excluding ortho intramolecular Hbond substituents is 1. The molecule has 0 bridgehead atoms. The number of anilines is 1. The molecule has 0 saturated heterocycles. The lowest BCUT2D eigenvalue weighted by Gasteiger charge is -2.21. The van der Waals surface area contributed by atoms with Crippen LogP contribution in [0.3, 0.4) is 0 Å². The van der Waals surface area contributed by atoms with Crippen LogP contribution < -0.4 is 10.1 Å². The van der Waals surface area contributed by atoms with E-state index in [1.54, 1.807) is 19.2 Å². The summed E-state index contributed by atoms with van der Waals surface area (Å²) in [5.74, 6) is 0.587. The van der Waals surface area contributed by atoms with E-state index in [1.807, 2.05) is 42.5 Å². The lowest BCUT2D eigenvalue weighted by Crippen LogP contribution is -2.12. The average Bonchev–Trinajstić information content (AvgIpc) is 2.61. The smallest absolute Gasteiger partial charge is 0.160 e.